The van der Waals surface area contributed by atoms with E-state index in [9.17, 15) is 4.79 Å². The topological polar surface area (TPSA) is 48.0 Å². The van der Waals surface area contributed by atoms with Crippen molar-refractivity contribution >= 4 is 11.7 Å². The zero-order chi connectivity index (χ0) is 25.0. The van der Waals surface area contributed by atoms with Gasteiger partial charge in [0.25, 0.3) is 0 Å². The number of carbonyl (C=O) groups is 1. The average Bonchev–Trinajstić information content (AvgIpc) is 2.94. The van der Waals surface area contributed by atoms with Gasteiger partial charge in [-0.2, -0.15) is 0 Å². The van der Waals surface area contributed by atoms with E-state index < -0.39 is 0 Å². The Morgan fingerprint density at radius 2 is 1.19 bits per heavy atom. The fraction of sp³-hybridized carbons (Fsp3) is 0.194. The van der Waals surface area contributed by atoms with E-state index in [0.717, 1.165) is 22.4 Å². The number of hydrogen-bond acceptors (Lipinski definition) is 5. The van der Waals surface area contributed by atoms with Crippen molar-refractivity contribution in [1.82, 2.24) is 0 Å². The number of esters is 1. The Kier molecular flexibility index (Phi) is 8.98. The number of hydrogen-bond donors (Lipinski definition) is 0. The van der Waals surface area contributed by atoms with Gasteiger partial charge in [-0.25, -0.2) is 0 Å². The van der Waals surface area contributed by atoms with Gasteiger partial charge in [-0.3, -0.25) is 4.79 Å². The lowest BCUT2D eigenvalue weighted by Gasteiger charge is -2.26. The molecule has 36 heavy (non-hydrogen) atoms. The Morgan fingerprint density at radius 1 is 0.667 bits per heavy atom. The van der Waals surface area contributed by atoms with Crippen molar-refractivity contribution in [2.45, 2.75) is 26.2 Å². The summed E-state index contributed by atoms with van der Waals surface area (Å²) in [6.45, 7) is 2.04. The highest BCUT2D eigenvalue weighted by atomic mass is 16.5. The predicted octanol–water partition coefficient (Wildman–Crippen LogP) is 6.41. The van der Waals surface area contributed by atoms with Crippen LogP contribution in [0.15, 0.2) is 109 Å². The van der Waals surface area contributed by atoms with Gasteiger partial charge >= 0.3 is 5.97 Å². The van der Waals surface area contributed by atoms with Crippen LogP contribution in [0.3, 0.4) is 0 Å². The van der Waals surface area contributed by atoms with Crippen molar-refractivity contribution in [3.8, 4) is 11.5 Å². The molecular formula is C31H31NO4. The summed E-state index contributed by atoms with van der Waals surface area (Å²) in [5.41, 5.74) is 4.25. The second-order valence-corrected chi connectivity index (χ2v) is 8.41. The van der Waals surface area contributed by atoms with Crippen molar-refractivity contribution < 1.29 is 19.0 Å². The van der Waals surface area contributed by atoms with Crippen LogP contribution in [0.4, 0.5) is 5.69 Å². The van der Waals surface area contributed by atoms with Crippen LogP contribution in [-0.2, 0) is 29.3 Å². The molecule has 0 fully saturated rings. The van der Waals surface area contributed by atoms with Crippen molar-refractivity contribution in [2.24, 2.45) is 0 Å². The zero-order valence-corrected chi connectivity index (χ0v) is 20.5. The molecule has 0 amide bonds. The average molecular weight is 482 g/mol. The van der Waals surface area contributed by atoms with Crippen LogP contribution in [0.2, 0.25) is 0 Å². The lowest BCUT2D eigenvalue weighted by molar-refractivity contribution is -0.140. The summed E-state index contributed by atoms with van der Waals surface area (Å²) in [5, 5.41) is 0. The lowest BCUT2D eigenvalue weighted by atomic mass is 10.1. The highest BCUT2D eigenvalue weighted by Crippen LogP contribution is 2.34. The van der Waals surface area contributed by atoms with Gasteiger partial charge in [0.15, 0.2) is 11.5 Å². The summed E-state index contributed by atoms with van der Waals surface area (Å²) < 4.78 is 17.3. The van der Waals surface area contributed by atoms with E-state index in [2.05, 4.69) is 17.0 Å². The molecule has 0 N–H and O–H groups in total. The minimum Gasteiger partial charge on any atom is -0.485 e. The maximum Gasteiger partial charge on any atom is 0.307 e. The molecule has 4 aromatic carbocycles. The van der Waals surface area contributed by atoms with Gasteiger partial charge in [-0.05, 0) is 28.8 Å². The van der Waals surface area contributed by atoms with Gasteiger partial charge in [0.2, 0.25) is 0 Å². The molecule has 4 aromatic rings. The monoisotopic (exact) mass is 481 g/mol. The van der Waals surface area contributed by atoms with Crippen LogP contribution >= 0.6 is 0 Å². The first-order valence-corrected chi connectivity index (χ1v) is 12.0. The normalized spacial score (nSPS) is 10.5. The van der Waals surface area contributed by atoms with Crippen LogP contribution in [-0.4, -0.2) is 19.6 Å². The molecule has 0 unspecified atom stereocenters. The van der Waals surface area contributed by atoms with Crippen LogP contribution in [0, 0.1) is 0 Å². The van der Waals surface area contributed by atoms with Gasteiger partial charge in [0.1, 0.15) is 13.2 Å². The SMILES string of the molecule is COC(=O)CCN(Cc1ccccc1)c1ccc(OCc2ccccc2)c(OCc2ccccc2)c1. The number of methoxy groups -OCH3 is 1. The molecule has 0 aliphatic rings. The number of carbonyl (C=O) groups excluding carboxylic acids is 1. The third kappa shape index (κ3) is 7.37. The molecule has 0 heterocycles. The minimum atomic E-state index is -0.239. The molecule has 0 radical (unpaired) electrons. The second kappa shape index (κ2) is 13.0. The fourth-order valence-electron chi connectivity index (χ4n) is 3.83. The summed E-state index contributed by atoms with van der Waals surface area (Å²) >= 11 is 0. The quantitative estimate of drug-likeness (QED) is 0.219. The molecule has 0 saturated heterocycles. The number of nitrogens with zero attached hydrogens (tertiary/aromatic N) is 1. The van der Waals surface area contributed by atoms with Gasteiger partial charge in [-0.15, -0.1) is 0 Å². The maximum atomic E-state index is 11.9. The molecule has 5 nitrogen and oxygen atoms in total. The maximum absolute atomic E-state index is 11.9. The Hall–Kier alpha value is -4.25. The molecule has 0 saturated carbocycles. The predicted molar refractivity (Wildman–Crippen MR) is 142 cm³/mol. The van der Waals surface area contributed by atoms with Crippen LogP contribution < -0.4 is 14.4 Å². The Balaban J connectivity index is 1.59. The van der Waals surface area contributed by atoms with E-state index in [-0.39, 0.29) is 12.4 Å². The molecule has 5 heteroatoms. The molecule has 0 aliphatic carbocycles. The number of benzene rings is 4. The molecule has 0 aliphatic heterocycles. The standard InChI is InChI=1S/C31H31NO4/c1-34-31(33)19-20-32(22-25-11-5-2-6-12-25)28-17-18-29(35-23-26-13-7-3-8-14-26)30(21-28)36-24-27-15-9-4-10-16-27/h2-18,21H,19-20,22-24H2,1H3. The van der Waals surface area contributed by atoms with Gasteiger partial charge in [0, 0.05) is 24.8 Å². The molecule has 0 spiro atoms. The third-order valence-corrected chi connectivity index (χ3v) is 5.80. The summed E-state index contributed by atoms with van der Waals surface area (Å²) in [6, 6.07) is 36.2. The van der Waals surface area contributed by atoms with Gasteiger partial charge in [-0.1, -0.05) is 91.0 Å². The summed E-state index contributed by atoms with van der Waals surface area (Å²) in [4.78, 5) is 14.1. The zero-order valence-electron chi connectivity index (χ0n) is 20.5. The Bertz CT molecular complexity index is 1210. The highest BCUT2D eigenvalue weighted by Gasteiger charge is 2.15. The lowest BCUT2D eigenvalue weighted by Crippen LogP contribution is -2.26. The van der Waals surface area contributed by atoms with E-state index >= 15 is 0 Å². The molecule has 184 valence electrons. The van der Waals surface area contributed by atoms with E-state index in [4.69, 9.17) is 14.2 Å². The van der Waals surface area contributed by atoms with Gasteiger partial charge < -0.3 is 19.1 Å². The van der Waals surface area contributed by atoms with Crippen LogP contribution in [0.5, 0.6) is 11.5 Å². The highest BCUT2D eigenvalue weighted by molar-refractivity contribution is 5.70. The summed E-state index contributed by atoms with van der Waals surface area (Å²) in [6.07, 6.45) is 0.287. The first-order chi connectivity index (χ1) is 17.7. The Morgan fingerprint density at radius 3 is 1.75 bits per heavy atom. The second-order valence-electron chi connectivity index (χ2n) is 8.41. The fourth-order valence-corrected chi connectivity index (χ4v) is 3.83. The van der Waals surface area contributed by atoms with Crippen molar-refractivity contribution in [3.05, 3.63) is 126 Å². The largest absolute Gasteiger partial charge is 0.485 e. The number of anilines is 1. The van der Waals surface area contributed by atoms with E-state index in [1.165, 1.54) is 7.11 Å². The smallest absolute Gasteiger partial charge is 0.307 e. The number of rotatable bonds is 12. The Labute approximate surface area is 212 Å². The summed E-state index contributed by atoms with van der Waals surface area (Å²) in [5.74, 6) is 1.09. The van der Waals surface area contributed by atoms with Crippen LogP contribution in [0.1, 0.15) is 23.1 Å². The first kappa shape index (κ1) is 24.9. The van der Waals surface area contributed by atoms with Crippen LogP contribution in [0.25, 0.3) is 0 Å². The van der Waals surface area contributed by atoms with Gasteiger partial charge in [0.05, 0.1) is 13.5 Å². The molecule has 0 atom stereocenters. The van der Waals surface area contributed by atoms with Crippen molar-refractivity contribution in [1.29, 1.82) is 0 Å². The van der Waals surface area contributed by atoms with E-state index in [1.54, 1.807) is 0 Å². The van der Waals surface area contributed by atoms with E-state index in [0.29, 0.717) is 37.8 Å². The van der Waals surface area contributed by atoms with Crippen molar-refractivity contribution in [2.75, 3.05) is 18.6 Å². The minimum absolute atomic E-state index is 0.239. The number of ether oxygens (including phenoxy) is 3. The third-order valence-electron chi connectivity index (χ3n) is 5.80. The molecular weight excluding hydrogens is 450 g/mol. The molecule has 0 bridgehead atoms. The summed E-state index contributed by atoms with van der Waals surface area (Å²) in [7, 11) is 1.41. The van der Waals surface area contributed by atoms with Crippen molar-refractivity contribution in [3.63, 3.8) is 0 Å². The van der Waals surface area contributed by atoms with E-state index in [1.807, 2.05) is 97.1 Å². The first-order valence-electron chi connectivity index (χ1n) is 12.0. The molecule has 0 aromatic heterocycles. The molecule has 4 rings (SSSR count).